The third kappa shape index (κ3) is 2.06. The van der Waals surface area contributed by atoms with Crippen molar-refractivity contribution in [2.75, 3.05) is 12.3 Å². The smallest absolute Gasteiger partial charge is 0.154 e. The van der Waals surface area contributed by atoms with Crippen molar-refractivity contribution in [2.24, 2.45) is 10.9 Å². The first-order valence-corrected chi connectivity index (χ1v) is 5.09. The summed E-state index contributed by atoms with van der Waals surface area (Å²) in [6.07, 6.45) is 0.600. The van der Waals surface area contributed by atoms with E-state index in [2.05, 4.69) is 4.99 Å². The van der Waals surface area contributed by atoms with E-state index < -0.39 is 0 Å². The predicted molar refractivity (Wildman–Crippen MR) is 61.0 cm³/mol. The summed E-state index contributed by atoms with van der Waals surface area (Å²) in [7, 11) is 0. The van der Waals surface area contributed by atoms with Crippen LogP contribution in [0.4, 0.5) is 5.69 Å². The molecule has 1 unspecified atom stereocenters. The minimum Gasteiger partial charge on any atom is -0.399 e. The first kappa shape index (κ1) is 9.90. The highest BCUT2D eigenvalue weighted by Gasteiger charge is 2.20. The maximum Gasteiger partial charge on any atom is 0.154 e. The topological polar surface area (TPSA) is 55.5 Å². The Kier molecular flexibility index (Phi) is 2.54. The molecule has 2 rings (SSSR count). The van der Waals surface area contributed by atoms with E-state index in [0.717, 1.165) is 17.0 Å². The van der Waals surface area contributed by atoms with E-state index in [0.29, 0.717) is 13.0 Å². The number of carbonyl (C=O) groups is 1. The number of rotatable bonds is 1. The highest BCUT2D eigenvalue weighted by molar-refractivity contribution is 6.06. The average molecular weight is 202 g/mol. The number of nitrogens with zero attached hydrogens (tertiary/aromatic N) is 1. The summed E-state index contributed by atoms with van der Waals surface area (Å²) in [5.74, 6) is 0.441. The summed E-state index contributed by atoms with van der Waals surface area (Å²) in [6, 6.07) is 7.64. The predicted octanol–water partition coefficient (Wildman–Crippen LogP) is 1.67. The summed E-state index contributed by atoms with van der Waals surface area (Å²) >= 11 is 0. The van der Waals surface area contributed by atoms with Gasteiger partial charge in [-0.15, -0.1) is 0 Å². The zero-order valence-corrected chi connectivity index (χ0v) is 8.73. The molecule has 0 radical (unpaired) electrons. The van der Waals surface area contributed by atoms with Crippen LogP contribution in [-0.2, 0) is 4.79 Å². The fraction of sp³-hybridized carbons (Fsp3) is 0.333. The Morgan fingerprint density at radius 1 is 1.33 bits per heavy atom. The fourth-order valence-corrected chi connectivity index (χ4v) is 1.86. The number of nitrogen functional groups attached to an aromatic ring is 1. The van der Waals surface area contributed by atoms with Crippen LogP contribution in [0.3, 0.4) is 0 Å². The van der Waals surface area contributed by atoms with Gasteiger partial charge in [-0.3, -0.25) is 9.79 Å². The van der Waals surface area contributed by atoms with Crippen molar-refractivity contribution in [1.82, 2.24) is 0 Å². The van der Waals surface area contributed by atoms with Crippen LogP contribution in [-0.4, -0.2) is 18.0 Å². The summed E-state index contributed by atoms with van der Waals surface area (Å²) in [6.45, 7) is 2.36. The summed E-state index contributed by atoms with van der Waals surface area (Å²) in [5.41, 5.74) is 8.46. The van der Waals surface area contributed by atoms with Crippen molar-refractivity contribution in [3.8, 4) is 0 Å². The van der Waals surface area contributed by atoms with Crippen LogP contribution in [0.15, 0.2) is 29.3 Å². The Morgan fingerprint density at radius 2 is 2.00 bits per heavy atom. The molecule has 0 aromatic heterocycles. The average Bonchev–Trinajstić information content (AvgIpc) is 2.20. The Bertz CT molecular complexity index is 406. The molecule has 78 valence electrons. The molecule has 0 bridgehead atoms. The van der Waals surface area contributed by atoms with E-state index in [4.69, 9.17) is 5.73 Å². The SMILES string of the molecule is CC1CC(=O)CN=C1c1ccc(N)cc1. The highest BCUT2D eigenvalue weighted by atomic mass is 16.1. The Balaban J connectivity index is 2.31. The molecule has 1 aliphatic rings. The number of Topliss-reactive ketones (excluding diaryl/α,β-unsaturated/α-hetero) is 1. The molecule has 0 saturated carbocycles. The van der Waals surface area contributed by atoms with Crippen LogP contribution < -0.4 is 5.73 Å². The zero-order valence-electron chi connectivity index (χ0n) is 8.73. The van der Waals surface area contributed by atoms with Crippen molar-refractivity contribution in [2.45, 2.75) is 13.3 Å². The summed E-state index contributed by atoms with van der Waals surface area (Å²) in [4.78, 5) is 15.5. The molecule has 0 spiro atoms. The zero-order chi connectivity index (χ0) is 10.8. The number of benzene rings is 1. The van der Waals surface area contributed by atoms with Gasteiger partial charge in [-0.1, -0.05) is 19.1 Å². The molecular weight excluding hydrogens is 188 g/mol. The van der Waals surface area contributed by atoms with E-state index >= 15 is 0 Å². The first-order chi connectivity index (χ1) is 7.16. The minimum absolute atomic E-state index is 0.217. The van der Waals surface area contributed by atoms with Gasteiger partial charge in [0.15, 0.2) is 5.78 Å². The van der Waals surface area contributed by atoms with Crippen LogP contribution in [0.1, 0.15) is 18.9 Å². The van der Waals surface area contributed by atoms with Gasteiger partial charge in [-0.2, -0.15) is 0 Å². The van der Waals surface area contributed by atoms with Gasteiger partial charge in [0.05, 0.1) is 6.54 Å². The Hall–Kier alpha value is -1.64. The van der Waals surface area contributed by atoms with Gasteiger partial charge in [0, 0.05) is 23.7 Å². The van der Waals surface area contributed by atoms with Crippen LogP contribution in [0.5, 0.6) is 0 Å². The second kappa shape index (κ2) is 3.85. The van der Waals surface area contributed by atoms with E-state index in [9.17, 15) is 4.79 Å². The molecule has 3 heteroatoms. The van der Waals surface area contributed by atoms with E-state index in [1.54, 1.807) is 0 Å². The number of hydrogen-bond acceptors (Lipinski definition) is 3. The molecule has 0 fully saturated rings. The van der Waals surface area contributed by atoms with Gasteiger partial charge in [-0.05, 0) is 17.7 Å². The maximum atomic E-state index is 11.2. The van der Waals surface area contributed by atoms with Crippen LogP contribution in [0.25, 0.3) is 0 Å². The van der Waals surface area contributed by atoms with Crippen molar-refractivity contribution in [3.05, 3.63) is 29.8 Å². The molecule has 1 aromatic rings. The maximum absolute atomic E-state index is 11.2. The van der Waals surface area contributed by atoms with E-state index in [1.165, 1.54) is 0 Å². The molecule has 1 heterocycles. The molecule has 2 N–H and O–H groups in total. The molecule has 1 aliphatic heterocycles. The molecule has 0 amide bonds. The Morgan fingerprint density at radius 3 is 2.60 bits per heavy atom. The molecule has 0 aliphatic carbocycles. The standard InChI is InChI=1S/C12H14N2O/c1-8-6-11(15)7-14-12(8)9-2-4-10(13)5-3-9/h2-5,8H,6-7,13H2,1H3. The van der Waals surface area contributed by atoms with Gasteiger partial charge in [0.25, 0.3) is 0 Å². The van der Waals surface area contributed by atoms with Gasteiger partial charge < -0.3 is 5.73 Å². The normalized spacial score (nSPS) is 21.3. The number of aliphatic imine (C=N–C) groups is 1. The van der Waals surface area contributed by atoms with E-state index in [1.807, 2.05) is 31.2 Å². The monoisotopic (exact) mass is 202 g/mol. The quantitative estimate of drug-likeness (QED) is 0.704. The van der Waals surface area contributed by atoms with E-state index in [-0.39, 0.29) is 11.7 Å². The van der Waals surface area contributed by atoms with Crippen molar-refractivity contribution in [3.63, 3.8) is 0 Å². The van der Waals surface area contributed by atoms with Crippen molar-refractivity contribution >= 4 is 17.2 Å². The summed E-state index contributed by atoms with van der Waals surface area (Å²) < 4.78 is 0. The second-order valence-corrected chi connectivity index (χ2v) is 3.97. The lowest BCUT2D eigenvalue weighted by atomic mass is 9.91. The van der Waals surface area contributed by atoms with Gasteiger partial charge in [0.2, 0.25) is 0 Å². The second-order valence-electron chi connectivity index (χ2n) is 3.97. The third-order valence-corrected chi connectivity index (χ3v) is 2.63. The minimum atomic E-state index is 0.217. The molecule has 0 saturated heterocycles. The lowest BCUT2D eigenvalue weighted by molar-refractivity contribution is -0.118. The van der Waals surface area contributed by atoms with Crippen LogP contribution >= 0.6 is 0 Å². The van der Waals surface area contributed by atoms with Crippen molar-refractivity contribution < 1.29 is 4.79 Å². The lowest BCUT2D eigenvalue weighted by Crippen LogP contribution is -2.24. The lowest BCUT2D eigenvalue weighted by Gasteiger charge is -2.18. The van der Waals surface area contributed by atoms with Gasteiger partial charge in [0.1, 0.15) is 0 Å². The molecule has 15 heavy (non-hydrogen) atoms. The Labute approximate surface area is 89.0 Å². The first-order valence-electron chi connectivity index (χ1n) is 5.09. The number of nitrogens with two attached hydrogens (primary N) is 1. The largest absolute Gasteiger partial charge is 0.399 e. The van der Waals surface area contributed by atoms with Gasteiger partial charge in [-0.25, -0.2) is 0 Å². The van der Waals surface area contributed by atoms with Gasteiger partial charge >= 0.3 is 0 Å². The number of carbonyl (C=O) groups excluding carboxylic acids is 1. The van der Waals surface area contributed by atoms with Crippen molar-refractivity contribution in [1.29, 1.82) is 0 Å². The van der Waals surface area contributed by atoms with Crippen LogP contribution in [0.2, 0.25) is 0 Å². The van der Waals surface area contributed by atoms with Crippen LogP contribution in [0, 0.1) is 5.92 Å². The number of hydrogen-bond donors (Lipinski definition) is 1. The third-order valence-electron chi connectivity index (χ3n) is 2.63. The fourth-order valence-electron chi connectivity index (χ4n) is 1.86. The molecular formula is C12H14N2O. The molecule has 3 nitrogen and oxygen atoms in total. The number of anilines is 1. The number of ketones is 1. The summed E-state index contributed by atoms with van der Waals surface area (Å²) in [5, 5.41) is 0. The molecule has 1 atom stereocenters. The molecule has 1 aromatic carbocycles. The highest BCUT2D eigenvalue weighted by Crippen LogP contribution is 2.18.